The van der Waals surface area contributed by atoms with Gasteiger partial charge in [-0.2, -0.15) is 0 Å². The van der Waals surface area contributed by atoms with Crippen molar-refractivity contribution in [3.8, 4) is 0 Å². The predicted molar refractivity (Wildman–Crippen MR) is 42.2 cm³/mol. The van der Waals surface area contributed by atoms with Gasteiger partial charge in [0, 0.05) is 25.9 Å². The van der Waals surface area contributed by atoms with Gasteiger partial charge in [-0.1, -0.05) is 0 Å². The smallest absolute Gasteiger partial charge is 0.188 e. The molecule has 11 heavy (non-hydrogen) atoms. The van der Waals surface area contributed by atoms with Crippen LogP contribution in [-0.4, -0.2) is 37.5 Å². The molecule has 1 rings (SSSR count). The van der Waals surface area contributed by atoms with Crippen LogP contribution in [0.5, 0.6) is 0 Å². The van der Waals surface area contributed by atoms with Crippen molar-refractivity contribution in [2.45, 2.75) is 13.0 Å². The molecule has 0 bridgehead atoms. The van der Waals surface area contributed by atoms with Crippen molar-refractivity contribution in [2.75, 3.05) is 20.7 Å². The van der Waals surface area contributed by atoms with Gasteiger partial charge in [-0.15, -0.1) is 0 Å². The number of carbonyl (C=O) groups excluding carboxylic acids is 1. The maximum Gasteiger partial charge on any atom is 0.188 e. The summed E-state index contributed by atoms with van der Waals surface area (Å²) < 4.78 is 4.84. The fraction of sp³-hybridized carbons (Fsp3) is 0.625. The molecule has 1 unspecified atom stereocenters. The SMILES string of the molecule is CC(=CC(=O)C1CO1)N(C)C. The van der Waals surface area contributed by atoms with E-state index < -0.39 is 0 Å². The second kappa shape index (κ2) is 3.05. The highest BCUT2D eigenvalue weighted by Crippen LogP contribution is 2.11. The molecule has 0 radical (unpaired) electrons. The van der Waals surface area contributed by atoms with Gasteiger partial charge in [-0.25, -0.2) is 0 Å². The second-order valence-electron chi connectivity index (χ2n) is 2.90. The Bertz CT molecular complexity index is 192. The Morgan fingerprint density at radius 1 is 1.64 bits per heavy atom. The summed E-state index contributed by atoms with van der Waals surface area (Å²) in [5, 5.41) is 0. The Labute approximate surface area is 66.6 Å². The van der Waals surface area contributed by atoms with Gasteiger partial charge >= 0.3 is 0 Å². The van der Waals surface area contributed by atoms with E-state index in [0.717, 1.165) is 5.70 Å². The third-order valence-corrected chi connectivity index (χ3v) is 1.71. The fourth-order valence-electron chi connectivity index (χ4n) is 0.640. The van der Waals surface area contributed by atoms with E-state index in [4.69, 9.17) is 4.74 Å². The highest BCUT2D eigenvalue weighted by Gasteiger charge is 2.29. The molecule has 3 heteroatoms. The number of carbonyl (C=O) groups is 1. The lowest BCUT2D eigenvalue weighted by Crippen LogP contribution is -2.12. The van der Waals surface area contributed by atoms with E-state index >= 15 is 0 Å². The van der Waals surface area contributed by atoms with Crippen LogP contribution in [0.25, 0.3) is 0 Å². The van der Waals surface area contributed by atoms with E-state index in [-0.39, 0.29) is 11.9 Å². The predicted octanol–water partition coefficient (Wildman–Crippen LogP) is 0.420. The van der Waals surface area contributed by atoms with Gasteiger partial charge in [-0.3, -0.25) is 4.79 Å². The first kappa shape index (κ1) is 8.27. The minimum absolute atomic E-state index is 0.0798. The molecule has 3 nitrogen and oxygen atoms in total. The van der Waals surface area contributed by atoms with Crippen LogP contribution >= 0.6 is 0 Å². The molecule has 0 aromatic carbocycles. The molecule has 0 aromatic rings. The second-order valence-corrected chi connectivity index (χ2v) is 2.90. The number of epoxide rings is 1. The topological polar surface area (TPSA) is 32.8 Å². The maximum atomic E-state index is 11.1. The van der Waals surface area contributed by atoms with Crippen LogP contribution < -0.4 is 0 Å². The third-order valence-electron chi connectivity index (χ3n) is 1.71. The van der Waals surface area contributed by atoms with Gasteiger partial charge in [0.2, 0.25) is 0 Å². The molecule has 0 aromatic heterocycles. The monoisotopic (exact) mass is 155 g/mol. The van der Waals surface area contributed by atoms with E-state index in [0.29, 0.717) is 6.61 Å². The summed E-state index contributed by atoms with van der Waals surface area (Å²) in [6.07, 6.45) is 1.47. The summed E-state index contributed by atoms with van der Waals surface area (Å²) in [6, 6.07) is 0. The van der Waals surface area contributed by atoms with Crippen molar-refractivity contribution < 1.29 is 9.53 Å². The number of nitrogens with zero attached hydrogens (tertiary/aromatic N) is 1. The number of hydrogen-bond donors (Lipinski definition) is 0. The van der Waals surface area contributed by atoms with E-state index in [9.17, 15) is 4.79 Å². The van der Waals surface area contributed by atoms with Crippen molar-refractivity contribution in [2.24, 2.45) is 0 Å². The molecule has 1 aliphatic heterocycles. The first-order chi connectivity index (χ1) is 5.11. The molecule has 0 aliphatic carbocycles. The van der Waals surface area contributed by atoms with Gasteiger partial charge in [0.25, 0.3) is 0 Å². The number of hydrogen-bond acceptors (Lipinski definition) is 3. The minimum atomic E-state index is -0.148. The van der Waals surface area contributed by atoms with Gasteiger partial charge in [0.1, 0.15) is 6.10 Å². The molecule has 1 aliphatic rings. The summed E-state index contributed by atoms with van der Waals surface area (Å²) in [5.74, 6) is 0.0798. The van der Waals surface area contributed by atoms with Crippen LogP contribution in [0.2, 0.25) is 0 Å². The Balaban J connectivity index is 2.48. The van der Waals surface area contributed by atoms with E-state index in [1.807, 2.05) is 25.9 Å². The third kappa shape index (κ3) is 2.35. The standard InChI is InChI=1S/C8H13NO2/c1-6(9(2)3)4-7(10)8-5-11-8/h4,8H,5H2,1-3H3. The Kier molecular flexibility index (Phi) is 2.29. The zero-order valence-electron chi connectivity index (χ0n) is 7.13. The van der Waals surface area contributed by atoms with E-state index in [1.165, 1.54) is 0 Å². The van der Waals surface area contributed by atoms with Crippen LogP contribution in [0.1, 0.15) is 6.92 Å². The van der Waals surface area contributed by atoms with Gasteiger partial charge < -0.3 is 9.64 Å². The van der Waals surface area contributed by atoms with Crippen LogP contribution in [0.3, 0.4) is 0 Å². The van der Waals surface area contributed by atoms with Gasteiger partial charge in [0.15, 0.2) is 5.78 Å². The van der Waals surface area contributed by atoms with Crippen LogP contribution in [-0.2, 0) is 9.53 Å². The zero-order valence-corrected chi connectivity index (χ0v) is 7.13. The highest BCUT2D eigenvalue weighted by molar-refractivity contribution is 5.95. The van der Waals surface area contributed by atoms with Crippen molar-refractivity contribution in [3.05, 3.63) is 11.8 Å². The molecule has 62 valence electrons. The van der Waals surface area contributed by atoms with Crippen LogP contribution in [0.15, 0.2) is 11.8 Å². The average molecular weight is 155 g/mol. The average Bonchev–Trinajstić information content (AvgIpc) is 2.67. The summed E-state index contributed by atoms with van der Waals surface area (Å²) >= 11 is 0. The molecular formula is C8H13NO2. The van der Waals surface area contributed by atoms with Gasteiger partial charge in [0.05, 0.1) is 6.61 Å². The molecule has 0 amide bonds. The van der Waals surface area contributed by atoms with Crippen molar-refractivity contribution in [1.29, 1.82) is 0 Å². The molecule has 0 spiro atoms. The number of ketones is 1. The molecule has 1 atom stereocenters. The Morgan fingerprint density at radius 3 is 2.55 bits per heavy atom. The van der Waals surface area contributed by atoms with E-state index in [1.54, 1.807) is 6.08 Å². The van der Waals surface area contributed by atoms with Crippen LogP contribution in [0, 0.1) is 0 Å². The largest absolute Gasteiger partial charge is 0.381 e. The number of rotatable bonds is 3. The lowest BCUT2D eigenvalue weighted by molar-refractivity contribution is -0.115. The maximum absolute atomic E-state index is 11.1. The molecule has 0 N–H and O–H groups in total. The van der Waals surface area contributed by atoms with Crippen molar-refractivity contribution in [3.63, 3.8) is 0 Å². The summed E-state index contributed by atoms with van der Waals surface area (Å²) in [5.41, 5.74) is 0.963. The fourth-order valence-corrected chi connectivity index (χ4v) is 0.640. The molecular weight excluding hydrogens is 142 g/mol. The first-order valence-electron chi connectivity index (χ1n) is 3.62. The molecule has 1 saturated heterocycles. The lowest BCUT2D eigenvalue weighted by Gasteiger charge is -2.11. The van der Waals surface area contributed by atoms with Crippen molar-refractivity contribution >= 4 is 5.78 Å². The lowest BCUT2D eigenvalue weighted by atomic mass is 10.2. The highest BCUT2D eigenvalue weighted by atomic mass is 16.6. The van der Waals surface area contributed by atoms with Crippen LogP contribution in [0.4, 0.5) is 0 Å². The summed E-state index contributed by atoms with van der Waals surface area (Å²) in [6.45, 7) is 2.50. The Hall–Kier alpha value is -0.830. The summed E-state index contributed by atoms with van der Waals surface area (Å²) in [7, 11) is 3.82. The molecule has 1 fully saturated rings. The number of ether oxygens (including phenoxy) is 1. The number of allylic oxidation sites excluding steroid dienone is 1. The quantitative estimate of drug-likeness (QED) is 0.437. The first-order valence-corrected chi connectivity index (χ1v) is 3.62. The Morgan fingerprint density at radius 2 is 2.18 bits per heavy atom. The minimum Gasteiger partial charge on any atom is -0.381 e. The summed E-state index contributed by atoms with van der Waals surface area (Å²) in [4.78, 5) is 13.0. The van der Waals surface area contributed by atoms with Crippen molar-refractivity contribution in [1.82, 2.24) is 4.90 Å². The van der Waals surface area contributed by atoms with E-state index in [2.05, 4.69) is 0 Å². The normalized spacial score (nSPS) is 23.2. The zero-order chi connectivity index (χ0) is 8.43. The molecule has 1 heterocycles. The molecule has 0 saturated carbocycles. The van der Waals surface area contributed by atoms with Gasteiger partial charge in [-0.05, 0) is 6.92 Å².